The zero-order valence-electron chi connectivity index (χ0n) is 13.4. The number of hydrogen-bond donors (Lipinski definition) is 1. The maximum absolute atomic E-state index is 12.9. The highest BCUT2D eigenvalue weighted by molar-refractivity contribution is 5.85. The molecule has 0 aliphatic carbocycles. The summed E-state index contributed by atoms with van der Waals surface area (Å²) in [5, 5.41) is 3.29. The lowest BCUT2D eigenvalue weighted by Gasteiger charge is -2.38. The molecule has 0 radical (unpaired) electrons. The molecule has 7 heteroatoms. The number of hydrogen-bond acceptors (Lipinski definition) is 2. The Morgan fingerprint density at radius 2 is 1.78 bits per heavy atom. The van der Waals surface area contributed by atoms with Gasteiger partial charge in [-0.25, -0.2) is 0 Å². The van der Waals surface area contributed by atoms with Crippen LogP contribution >= 0.6 is 24.8 Å². The van der Waals surface area contributed by atoms with Crippen LogP contribution in [0.5, 0.6) is 0 Å². The van der Waals surface area contributed by atoms with Gasteiger partial charge in [-0.15, -0.1) is 24.8 Å². The molecular formula is C16H25Cl2F3N2. The number of halogens is 5. The minimum atomic E-state index is -4.28. The summed E-state index contributed by atoms with van der Waals surface area (Å²) < 4.78 is 38.8. The summed E-state index contributed by atoms with van der Waals surface area (Å²) >= 11 is 0. The predicted octanol–water partition coefficient (Wildman–Crippen LogP) is 4.54. The Bertz CT molecular complexity index is 463. The van der Waals surface area contributed by atoms with E-state index in [9.17, 15) is 13.2 Å². The van der Waals surface area contributed by atoms with Crippen molar-refractivity contribution in [2.75, 3.05) is 26.2 Å². The maximum Gasteiger partial charge on any atom is 0.416 e. The van der Waals surface area contributed by atoms with Gasteiger partial charge in [-0.3, -0.25) is 4.90 Å². The summed E-state index contributed by atoms with van der Waals surface area (Å²) in [7, 11) is 0. The van der Waals surface area contributed by atoms with E-state index in [4.69, 9.17) is 0 Å². The number of nitrogens with one attached hydrogen (secondary N) is 1. The Morgan fingerprint density at radius 1 is 1.17 bits per heavy atom. The van der Waals surface area contributed by atoms with Crippen LogP contribution in [-0.4, -0.2) is 31.1 Å². The zero-order valence-corrected chi connectivity index (χ0v) is 15.0. The Kier molecular flexibility index (Phi) is 9.51. The average Bonchev–Trinajstić information content (AvgIpc) is 2.48. The number of alkyl halides is 3. The lowest BCUT2D eigenvalue weighted by molar-refractivity contribution is -0.137. The number of benzene rings is 1. The van der Waals surface area contributed by atoms with Crippen LogP contribution < -0.4 is 5.32 Å². The lowest BCUT2D eigenvalue weighted by atomic mass is 9.89. The fourth-order valence-corrected chi connectivity index (χ4v) is 2.98. The van der Waals surface area contributed by atoms with Gasteiger partial charge < -0.3 is 5.32 Å². The molecule has 0 amide bonds. The van der Waals surface area contributed by atoms with Crippen LogP contribution in [-0.2, 0) is 6.18 Å². The summed E-state index contributed by atoms with van der Waals surface area (Å²) in [5.41, 5.74) is 0.226. The molecule has 23 heavy (non-hydrogen) atoms. The van der Waals surface area contributed by atoms with Gasteiger partial charge in [-0.05, 0) is 23.6 Å². The Labute approximate surface area is 148 Å². The van der Waals surface area contributed by atoms with Crippen molar-refractivity contribution >= 4 is 24.8 Å². The number of piperazine rings is 1. The van der Waals surface area contributed by atoms with Crippen LogP contribution in [0.3, 0.4) is 0 Å². The van der Waals surface area contributed by atoms with E-state index in [0.29, 0.717) is 5.92 Å². The molecule has 1 heterocycles. The standard InChI is InChI=1S/C16H23F3N2.2ClH/c1-3-12(2)15(21-9-7-20-8-10-21)13-5-4-6-14(11-13)16(17,18)19;;/h4-6,11-12,15,20H,3,7-10H2,1-2H3;2*1H/t12?,15-;;/m0../s1. The largest absolute Gasteiger partial charge is 0.416 e. The molecule has 1 aliphatic rings. The van der Waals surface area contributed by atoms with Gasteiger partial charge in [0.15, 0.2) is 0 Å². The van der Waals surface area contributed by atoms with Gasteiger partial charge in [0.1, 0.15) is 0 Å². The van der Waals surface area contributed by atoms with E-state index in [2.05, 4.69) is 24.1 Å². The highest BCUT2D eigenvalue weighted by atomic mass is 35.5. The monoisotopic (exact) mass is 372 g/mol. The first-order valence-electron chi connectivity index (χ1n) is 7.55. The zero-order chi connectivity index (χ0) is 15.5. The molecule has 0 aromatic heterocycles. The minimum absolute atomic E-state index is 0. The molecule has 1 N–H and O–H groups in total. The molecule has 0 spiro atoms. The van der Waals surface area contributed by atoms with Gasteiger partial charge >= 0.3 is 6.18 Å². The summed E-state index contributed by atoms with van der Waals surface area (Å²) in [6, 6.07) is 5.87. The van der Waals surface area contributed by atoms with Crippen molar-refractivity contribution in [1.29, 1.82) is 0 Å². The quantitative estimate of drug-likeness (QED) is 0.834. The summed E-state index contributed by atoms with van der Waals surface area (Å²) in [6.07, 6.45) is -3.33. The van der Waals surface area contributed by atoms with Crippen LogP contribution in [0.15, 0.2) is 24.3 Å². The predicted molar refractivity (Wildman–Crippen MR) is 92.6 cm³/mol. The summed E-state index contributed by atoms with van der Waals surface area (Å²) in [6.45, 7) is 7.76. The van der Waals surface area contributed by atoms with E-state index in [-0.39, 0.29) is 30.9 Å². The second-order valence-corrected chi connectivity index (χ2v) is 5.74. The van der Waals surface area contributed by atoms with Crippen LogP contribution in [0.2, 0.25) is 0 Å². The van der Waals surface area contributed by atoms with E-state index in [1.807, 2.05) is 6.07 Å². The van der Waals surface area contributed by atoms with E-state index >= 15 is 0 Å². The molecule has 1 unspecified atom stereocenters. The molecule has 1 aromatic rings. The van der Waals surface area contributed by atoms with Crippen molar-refractivity contribution in [2.45, 2.75) is 32.5 Å². The fraction of sp³-hybridized carbons (Fsp3) is 0.625. The first-order valence-corrected chi connectivity index (χ1v) is 7.55. The van der Waals surface area contributed by atoms with Crippen molar-refractivity contribution in [2.24, 2.45) is 5.92 Å². The molecule has 0 bridgehead atoms. The molecule has 2 atom stereocenters. The number of rotatable bonds is 4. The van der Waals surface area contributed by atoms with Gasteiger partial charge in [-0.1, -0.05) is 32.4 Å². The highest BCUT2D eigenvalue weighted by Crippen LogP contribution is 2.35. The summed E-state index contributed by atoms with van der Waals surface area (Å²) in [5.74, 6) is 0.326. The first-order chi connectivity index (χ1) is 9.93. The van der Waals surface area contributed by atoms with E-state index in [1.54, 1.807) is 0 Å². The average molecular weight is 373 g/mol. The molecule has 1 aliphatic heterocycles. The molecule has 2 nitrogen and oxygen atoms in total. The SMILES string of the molecule is CCC(C)[C@@H](c1cccc(C(F)(F)F)c1)N1CCNCC1.Cl.Cl. The molecule has 1 saturated heterocycles. The van der Waals surface area contributed by atoms with Crippen LogP contribution in [0.25, 0.3) is 0 Å². The van der Waals surface area contributed by atoms with Gasteiger partial charge in [0.2, 0.25) is 0 Å². The topological polar surface area (TPSA) is 15.3 Å². The van der Waals surface area contributed by atoms with Crippen LogP contribution in [0.1, 0.15) is 37.4 Å². The highest BCUT2D eigenvalue weighted by Gasteiger charge is 2.32. The van der Waals surface area contributed by atoms with E-state index in [1.165, 1.54) is 12.1 Å². The van der Waals surface area contributed by atoms with Crippen LogP contribution in [0, 0.1) is 5.92 Å². The van der Waals surface area contributed by atoms with Crippen molar-refractivity contribution in [3.05, 3.63) is 35.4 Å². The normalized spacial score (nSPS) is 18.5. The Morgan fingerprint density at radius 3 is 2.30 bits per heavy atom. The molecule has 0 saturated carbocycles. The third-order valence-electron chi connectivity index (χ3n) is 4.28. The lowest BCUT2D eigenvalue weighted by Crippen LogP contribution is -2.46. The maximum atomic E-state index is 12.9. The molecular weight excluding hydrogens is 348 g/mol. The summed E-state index contributed by atoms with van der Waals surface area (Å²) in [4.78, 5) is 2.31. The van der Waals surface area contributed by atoms with Crippen LogP contribution in [0.4, 0.5) is 13.2 Å². The third kappa shape index (κ3) is 5.82. The van der Waals surface area contributed by atoms with Crippen molar-refractivity contribution in [1.82, 2.24) is 10.2 Å². The van der Waals surface area contributed by atoms with Crippen molar-refractivity contribution in [3.63, 3.8) is 0 Å². The van der Waals surface area contributed by atoms with Crippen molar-refractivity contribution < 1.29 is 13.2 Å². The van der Waals surface area contributed by atoms with E-state index in [0.717, 1.165) is 44.2 Å². The Hall–Kier alpha value is -0.490. The molecule has 2 rings (SSSR count). The van der Waals surface area contributed by atoms with Gasteiger partial charge in [0.05, 0.1) is 5.56 Å². The molecule has 1 aromatic carbocycles. The second kappa shape index (κ2) is 9.72. The van der Waals surface area contributed by atoms with Crippen molar-refractivity contribution in [3.8, 4) is 0 Å². The van der Waals surface area contributed by atoms with E-state index < -0.39 is 11.7 Å². The number of nitrogens with zero attached hydrogens (tertiary/aromatic N) is 1. The second-order valence-electron chi connectivity index (χ2n) is 5.74. The smallest absolute Gasteiger partial charge is 0.314 e. The fourth-order valence-electron chi connectivity index (χ4n) is 2.98. The van der Waals surface area contributed by atoms with Gasteiger partial charge in [0.25, 0.3) is 0 Å². The van der Waals surface area contributed by atoms with Gasteiger partial charge in [-0.2, -0.15) is 13.2 Å². The first kappa shape index (κ1) is 22.5. The molecule has 134 valence electrons. The van der Waals surface area contributed by atoms with Gasteiger partial charge in [0, 0.05) is 32.2 Å². The Balaban J connectivity index is 0.00000242. The third-order valence-corrected chi connectivity index (χ3v) is 4.28. The minimum Gasteiger partial charge on any atom is -0.314 e. The molecule has 1 fully saturated rings.